The fraction of sp³-hybridized carbons (Fsp3) is 0.600. The minimum absolute atomic E-state index is 0. The molecule has 0 radical (unpaired) electrons. The summed E-state index contributed by atoms with van der Waals surface area (Å²) < 4.78 is 0. The molecule has 0 aromatic heterocycles. The molecule has 1 heterocycles. The van der Waals surface area contributed by atoms with Gasteiger partial charge in [0.15, 0.2) is 0 Å². The van der Waals surface area contributed by atoms with E-state index in [9.17, 15) is 0 Å². The van der Waals surface area contributed by atoms with Crippen molar-refractivity contribution < 1.29 is 0 Å². The van der Waals surface area contributed by atoms with Gasteiger partial charge in [-0.25, -0.2) is 0 Å². The largest absolute Gasteiger partial charge is 0.372 e. The molecule has 2 rings (SSSR count). The van der Waals surface area contributed by atoms with Crippen LogP contribution in [0.1, 0.15) is 44.7 Å². The van der Waals surface area contributed by atoms with Gasteiger partial charge in [0.05, 0.1) is 0 Å². The van der Waals surface area contributed by atoms with Gasteiger partial charge in [-0.1, -0.05) is 32.4 Å². The Hall–Kier alpha value is -0.730. The summed E-state index contributed by atoms with van der Waals surface area (Å²) in [4.78, 5) is 2.46. The van der Waals surface area contributed by atoms with Gasteiger partial charge in [-0.3, -0.25) is 0 Å². The normalized spacial score (nSPS) is 18.3. The number of halogens is 1. The molecule has 102 valence electrons. The summed E-state index contributed by atoms with van der Waals surface area (Å²) in [6, 6.07) is 9.02. The Labute approximate surface area is 117 Å². The van der Waals surface area contributed by atoms with Crippen LogP contribution >= 0.6 is 12.4 Å². The van der Waals surface area contributed by atoms with E-state index >= 15 is 0 Å². The van der Waals surface area contributed by atoms with Crippen LogP contribution in [0.2, 0.25) is 0 Å². The van der Waals surface area contributed by atoms with E-state index in [0.717, 1.165) is 6.42 Å². The first-order chi connectivity index (χ1) is 8.22. The molecule has 2 nitrogen and oxygen atoms in total. The van der Waals surface area contributed by atoms with Gasteiger partial charge in [0.25, 0.3) is 0 Å². The number of nitrogens with zero attached hydrogens (tertiary/aromatic N) is 1. The number of hydrogen-bond acceptors (Lipinski definition) is 2. The number of anilines is 1. The van der Waals surface area contributed by atoms with Crippen LogP contribution in [0.4, 0.5) is 5.69 Å². The highest BCUT2D eigenvalue weighted by Crippen LogP contribution is 2.25. The molecule has 0 amide bonds. The molecular weight excluding hydrogens is 244 g/mol. The van der Waals surface area contributed by atoms with Gasteiger partial charge in [-0.15, -0.1) is 12.4 Å². The Morgan fingerprint density at radius 1 is 1.17 bits per heavy atom. The molecule has 2 N–H and O–H groups in total. The van der Waals surface area contributed by atoms with Crippen LogP contribution in [0, 0.1) is 5.92 Å². The lowest BCUT2D eigenvalue weighted by atomic mass is 9.93. The molecule has 1 aliphatic heterocycles. The zero-order valence-corrected chi connectivity index (χ0v) is 12.2. The summed E-state index contributed by atoms with van der Waals surface area (Å²) in [5.74, 6) is 0.549. The quantitative estimate of drug-likeness (QED) is 0.901. The minimum atomic E-state index is 0. The molecule has 1 unspecified atom stereocenters. The van der Waals surface area contributed by atoms with Crippen molar-refractivity contribution in [3.05, 3.63) is 29.8 Å². The summed E-state index contributed by atoms with van der Waals surface area (Å²) >= 11 is 0. The van der Waals surface area contributed by atoms with Gasteiger partial charge >= 0.3 is 0 Å². The van der Waals surface area contributed by atoms with E-state index in [1.165, 1.54) is 37.2 Å². The van der Waals surface area contributed by atoms with Gasteiger partial charge in [0, 0.05) is 24.8 Å². The van der Waals surface area contributed by atoms with E-state index in [2.05, 4.69) is 43.0 Å². The van der Waals surface area contributed by atoms with Gasteiger partial charge in [0.1, 0.15) is 0 Å². The van der Waals surface area contributed by atoms with Crippen molar-refractivity contribution in [2.75, 3.05) is 18.0 Å². The molecule has 0 saturated carbocycles. The Kier molecular flexibility index (Phi) is 5.97. The molecule has 1 aromatic carbocycles. The summed E-state index contributed by atoms with van der Waals surface area (Å²) in [6.45, 7) is 6.83. The maximum absolute atomic E-state index is 6.24. The molecule has 3 heteroatoms. The number of benzene rings is 1. The molecule has 18 heavy (non-hydrogen) atoms. The molecule has 1 fully saturated rings. The molecule has 1 aromatic rings. The Bertz CT molecular complexity index is 344. The molecule has 2 atom stereocenters. The number of nitrogens with two attached hydrogens (primary N) is 1. The van der Waals surface area contributed by atoms with E-state index in [-0.39, 0.29) is 18.4 Å². The Morgan fingerprint density at radius 3 is 2.22 bits per heavy atom. The van der Waals surface area contributed by atoms with Crippen LogP contribution in [0.25, 0.3) is 0 Å². The highest BCUT2D eigenvalue weighted by atomic mass is 35.5. The lowest BCUT2D eigenvalue weighted by Gasteiger charge is -2.21. The fourth-order valence-electron chi connectivity index (χ4n) is 2.47. The average Bonchev–Trinajstić information content (AvgIpc) is 2.91. The van der Waals surface area contributed by atoms with Crippen molar-refractivity contribution in [1.29, 1.82) is 0 Å². The number of hydrogen-bond donors (Lipinski definition) is 1. The van der Waals surface area contributed by atoms with Crippen LogP contribution in [-0.4, -0.2) is 13.1 Å². The first-order valence-corrected chi connectivity index (χ1v) is 6.83. The third kappa shape index (κ3) is 3.39. The standard InChI is InChI=1S/C15H24N2.ClH/c1-3-12(2)15(16)13-6-8-14(9-7-13)17-10-4-5-11-17;/h6-9,12,15H,3-5,10-11,16H2,1-2H3;1H/t12?,15-;/m1./s1. The average molecular weight is 269 g/mol. The summed E-state index contributed by atoms with van der Waals surface area (Å²) in [7, 11) is 0. The molecule has 0 aliphatic carbocycles. The maximum Gasteiger partial charge on any atom is 0.0366 e. The van der Waals surface area contributed by atoms with E-state index in [1.807, 2.05) is 0 Å². The SMILES string of the molecule is CCC(C)[C@@H](N)c1ccc(N2CCCC2)cc1.Cl. The Morgan fingerprint density at radius 2 is 1.72 bits per heavy atom. The topological polar surface area (TPSA) is 29.3 Å². The second kappa shape index (κ2) is 7.01. The van der Waals surface area contributed by atoms with Crippen molar-refractivity contribution in [2.24, 2.45) is 11.7 Å². The van der Waals surface area contributed by atoms with Crippen LogP contribution in [0.3, 0.4) is 0 Å². The summed E-state index contributed by atoms with van der Waals surface area (Å²) in [6.07, 6.45) is 3.79. The van der Waals surface area contributed by atoms with Crippen molar-refractivity contribution >= 4 is 18.1 Å². The zero-order chi connectivity index (χ0) is 12.3. The predicted molar refractivity (Wildman–Crippen MR) is 81.5 cm³/mol. The second-order valence-electron chi connectivity index (χ2n) is 5.20. The van der Waals surface area contributed by atoms with Crippen molar-refractivity contribution in [1.82, 2.24) is 0 Å². The van der Waals surface area contributed by atoms with E-state index in [1.54, 1.807) is 0 Å². The van der Waals surface area contributed by atoms with E-state index in [0.29, 0.717) is 5.92 Å². The predicted octanol–water partition coefficient (Wildman–Crippen LogP) is 3.75. The summed E-state index contributed by atoms with van der Waals surface area (Å²) in [5.41, 5.74) is 8.85. The smallest absolute Gasteiger partial charge is 0.0366 e. The zero-order valence-electron chi connectivity index (χ0n) is 11.4. The molecule has 0 bridgehead atoms. The third-order valence-electron chi connectivity index (χ3n) is 4.01. The number of rotatable bonds is 4. The van der Waals surface area contributed by atoms with Gasteiger partial charge in [-0.2, -0.15) is 0 Å². The highest BCUT2D eigenvalue weighted by molar-refractivity contribution is 5.85. The summed E-state index contributed by atoms with van der Waals surface area (Å²) in [5, 5.41) is 0. The minimum Gasteiger partial charge on any atom is -0.372 e. The fourth-order valence-corrected chi connectivity index (χ4v) is 2.47. The van der Waals surface area contributed by atoms with Gasteiger partial charge in [0.2, 0.25) is 0 Å². The molecule has 1 saturated heterocycles. The molecule has 1 aliphatic rings. The molecular formula is C15H25ClN2. The van der Waals surface area contributed by atoms with E-state index in [4.69, 9.17) is 5.73 Å². The maximum atomic E-state index is 6.24. The van der Waals surface area contributed by atoms with Crippen LogP contribution in [0.15, 0.2) is 24.3 Å². The lowest BCUT2D eigenvalue weighted by Crippen LogP contribution is -2.20. The molecule has 0 spiro atoms. The van der Waals surface area contributed by atoms with Crippen LogP contribution < -0.4 is 10.6 Å². The second-order valence-corrected chi connectivity index (χ2v) is 5.20. The first-order valence-electron chi connectivity index (χ1n) is 6.83. The van der Waals surface area contributed by atoms with Gasteiger partial charge in [-0.05, 0) is 36.5 Å². The van der Waals surface area contributed by atoms with E-state index < -0.39 is 0 Å². The van der Waals surface area contributed by atoms with Crippen molar-refractivity contribution in [3.8, 4) is 0 Å². The van der Waals surface area contributed by atoms with Crippen molar-refractivity contribution in [2.45, 2.75) is 39.2 Å². The monoisotopic (exact) mass is 268 g/mol. The van der Waals surface area contributed by atoms with Crippen molar-refractivity contribution in [3.63, 3.8) is 0 Å². The highest BCUT2D eigenvalue weighted by Gasteiger charge is 2.15. The lowest BCUT2D eigenvalue weighted by molar-refractivity contribution is 0.457. The third-order valence-corrected chi connectivity index (χ3v) is 4.01. The Balaban J connectivity index is 0.00000162. The van der Waals surface area contributed by atoms with Crippen LogP contribution in [0.5, 0.6) is 0 Å². The first kappa shape index (κ1) is 15.3. The van der Waals surface area contributed by atoms with Crippen LogP contribution in [-0.2, 0) is 0 Å². The van der Waals surface area contributed by atoms with Gasteiger partial charge < -0.3 is 10.6 Å².